The van der Waals surface area contributed by atoms with E-state index in [1.165, 1.54) is 5.57 Å². The van der Waals surface area contributed by atoms with Crippen LogP contribution in [-0.2, 0) is 0 Å². The highest BCUT2D eigenvalue weighted by Crippen LogP contribution is 2.28. The normalized spacial score (nSPS) is 14.8. The number of hydrogen-bond acceptors (Lipinski definition) is 3. The zero-order chi connectivity index (χ0) is 15.6. The number of carbonyl (C=O) groups is 1. The number of pyridine rings is 2. The molecule has 114 valence electrons. The third kappa shape index (κ3) is 2.50. The van der Waals surface area contributed by atoms with Crippen LogP contribution >= 0.6 is 0 Å². The quantitative estimate of drug-likeness (QED) is 0.792. The van der Waals surface area contributed by atoms with E-state index < -0.39 is 0 Å². The second-order valence-corrected chi connectivity index (χ2v) is 5.57. The predicted molar refractivity (Wildman–Crippen MR) is 88.8 cm³/mol. The van der Waals surface area contributed by atoms with Crippen molar-refractivity contribution in [1.82, 2.24) is 19.9 Å². The Balaban J connectivity index is 1.56. The lowest BCUT2D eigenvalue weighted by Crippen LogP contribution is -2.34. The van der Waals surface area contributed by atoms with Crippen LogP contribution in [-0.4, -0.2) is 38.8 Å². The molecule has 23 heavy (non-hydrogen) atoms. The Kier molecular flexibility index (Phi) is 3.38. The molecule has 1 amide bonds. The van der Waals surface area contributed by atoms with E-state index in [2.05, 4.69) is 21.0 Å². The Morgan fingerprint density at radius 1 is 1.17 bits per heavy atom. The molecule has 3 aromatic heterocycles. The molecule has 5 heteroatoms. The van der Waals surface area contributed by atoms with Crippen molar-refractivity contribution in [3.8, 4) is 0 Å². The molecule has 1 aliphatic rings. The van der Waals surface area contributed by atoms with Gasteiger partial charge in [0.1, 0.15) is 0 Å². The Bertz CT molecular complexity index is 882. The number of fused-ring (bicyclic) bond motifs is 1. The first-order valence-corrected chi connectivity index (χ1v) is 7.64. The van der Waals surface area contributed by atoms with Crippen molar-refractivity contribution >= 4 is 22.5 Å². The highest BCUT2D eigenvalue weighted by molar-refractivity contribution is 5.95. The zero-order valence-electron chi connectivity index (χ0n) is 12.6. The van der Waals surface area contributed by atoms with Crippen LogP contribution < -0.4 is 0 Å². The molecule has 0 bridgehead atoms. The van der Waals surface area contributed by atoms with E-state index in [1.54, 1.807) is 24.5 Å². The summed E-state index contributed by atoms with van der Waals surface area (Å²) in [6.45, 7) is 1.34. The summed E-state index contributed by atoms with van der Waals surface area (Å²) in [5, 5.41) is 0. The SMILES string of the molecule is O=C(c1ccncc1)N1CC=C(c2c[nH]c3cccnc23)CC1. The summed E-state index contributed by atoms with van der Waals surface area (Å²) in [4.78, 5) is 26.0. The highest BCUT2D eigenvalue weighted by atomic mass is 16.2. The summed E-state index contributed by atoms with van der Waals surface area (Å²) < 4.78 is 0. The molecular formula is C18H16N4O. The van der Waals surface area contributed by atoms with Gasteiger partial charge in [-0.05, 0) is 36.3 Å². The number of aromatic amines is 1. The van der Waals surface area contributed by atoms with E-state index in [1.807, 2.05) is 29.4 Å². The Hall–Kier alpha value is -2.95. The first-order chi connectivity index (χ1) is 11.3. The van der Waals surface area contributed by atoms with Crippen molar-refractivity contribution in [1.29, 1.82) is 0 Å². The smallest absolute Gasteiger partial charge is 0.254 e. The van der Waals surface area contributed by atoms with Gasteiger partial charge in [0.25, 0.3) is 5.91 Å². The molecule has 0 saturated carbocycles. The van der Waals surface area contributed by atoms with Crippen LogP contribution in [0.15, 0.2) is 55.1 Å². The fraction of sp³-hybridized carbons (Fsp3) is 0.167. The molecule has 0 saturated heterocycles. The van der Waals surface area contributed by atoms with E-state index in [0.717, 1.165) is 23.0 Å². The molecule has 0 atom stereocenters. The standard InChI is InChI=1S/C18H16N4O/c23-18(14-3-8-19-9-4-14)22-10-5-13(6-11-22)15-12-21-16-2-1-7-20-17(15)16/h1-5,7-9,12,21H,6,10-11H2. The second kappa shape index (κ2) is 5.68. The number of aromatic nitrogens is 3. The molecule has 1 aliphatic heterocycles. The van der Waals surface area contributed by atoms with Gasteiger partial charge in [-0.3, -0.25) is 14.8 Å². The topological polar surface area (TPSA) is 61.9 Å². The van der Waals surface area contributed by atoms with Gasteiger partial charge in [0.2, 0.25) is 0 Å². The van der Waals surface area contributed by atoms with E-state index in [0.29, 0.717) is 18.7 Å². The molecule has 3 aromatic rings. The molecule has 5 nitrogen and oxygen atoms in total. The van der Waals surface area contributed by atoms with Crippen LogP contribution in [0, 0.1) is 0 Å². The maximum atomic E-state index is 12.5. The lowest BCUT2D eigenvalue weighted by Gasteiger charge is -2.26. The van der Waals surface area contributed by atoms with Crippen molar-refractivity contribution in [2.75, 3.05) is 13.1 Å². The number of hydrogen-bond donors (Lipinski definition) is 1. The van der Waals surface area contributed by atoms with Crippen LogP contribution in [0.1, 0.15) is 22.3 Å². The van der Waals surface area contributed by atoms with Gasteiger partial charge in [0, 0.05) is 49.0 Å². The molecule has 0 aliphatic carbocycles. The summed E-state index contributed by atoms with van der Waals surface area (Å²) >= 11 is 0. The summed E-state index contributed by atoms with van der Waals surface area (Å²) in [6, 6.07) is 7.46. The van der Waals surface area contributed by atoms with E-state index in [-0.39, 0.29) is 5.91 Å². The van der Waals surface area contributed by atoms with Gasteiger partial charge in [0.05, 0.1) is 11.0 Å². The third-order valence-electron chi connectivity index (χ3n) is 4.20. The average Bonchev–Trinajstić information content (AvgIpc) is 3.06. The first-order valence-electron chi connectivity index (χ1n) is 7.64. The van der Waals surface area contributed by atoms with Crippen LogP contribution in [0.5, 0.6) is 0 Å². The van der Waals surface area contributed by atoms with Crippen LogP contribution in [0.2, 0.25) is 0 Å². The lowest BCUT2D eigenvalue weighted by molar-refractivity contribution is 0.0773. The summed E-state index contributed by atoms with van der Waals surface area (Å²) in [6.07, 6.45) is 10.1. The number of amides is 1. The van der Waals surface area contributed by atoms with Crippen molar-refractivity contribution in [3.63, 3.8) is 0 Å². The fourth-order valence-electron chi connectivity index (χ4n) is 2.97. The Labute approximate surface area is 133 Å². The molecule has 0 spiro atoms. The monoisotopic (exact) mass is 304 g/mol. The number of rotatable bonds is 2. The molecule has 4 rings (SSSR count). The van der Waals surface area contributed by atoms with Gasteiger partial charge < -0.3 is 9.88 Å². The van der Waals surface area contributed by atoms with Gasteiger partial charge in [-0.25, -0.2) is 0 Å². The zero-order valence-corrected chi connectivity index (χ0v) is 12.6. The fourth-order valence-corrected chi connectivity index (χ4v) is 2.97. The summed E-state index contributed by atoms with van der Waals surface area (Å²) in [7, 11) is 0. The molecule has 1 N–H and O–H groups in total. The van der Waals surface area contributed by atoms with Crippen LogP contribution in [0.3, 0.4) is 0 Å². The minimum Gasteiger partial charge on any atom is -0.359 e. The van der Waals surface area contributed by atoms with Gasteiger partial charge in [-0.1, -0.05) is 6.08 Å². The number of carbonyl (C=O) groups excluding carboxylic acids is 1. The number of H-pyrrole nitrogens is 1. The Morgan fingerprint density at radius 2 is 2.04 bits per heavy atom. The van der Waals surface area contributed by atoms with E-state index >= 15 is 0 Å². The van der Waals surface area contributed by atoms with Gasteiger partial charge in [-0.15, -0.1) is 0 Å². The molecule has 4 heterocycles. The maximum Gasteiger partial charge on any atom is 0.254 e. The van der Waals surface area contributed by atoms with Crippen LogP contribution in [0.25, 0.3) is 16.6 Å². The predicted octanol–water partition coefficient (Wildman–Crippen LogP) is 2.89. The van der Waals surface area contributed by atoms with Crippen molar-refractivity contribution in [3.05, 3.63) is 66.3 Å². The van der Waals surface area contributed by atoms with Crippen molar-refractivity contribution in [2.24, 2.45) is 0 Å². The largest absolute Gasteiger partial charge is 0.359 e. The summed E-state index contributed by atoms with van der Waals surface area (Å²) in [5.74, 6) is 0.0553. The number of nitrogens with zero attached hydrogens (tertiary/aromatic N) is 3. The second-order valence-electron chi connectivity index (χ2n) is 5.57. The molecule has 0 aromatic carbocycles. The molecule has 0 fully saturated rings. The van der Waals surface area contributed by atoms with E-state index in [9.17, 15) is 4.79 Å². The highest BCUT2D eigenvalue weighted by Gasteiger charge is 2.20. The van der Waals surface area contributed by atoms with E-state index in [4.69, 9.17) is 0 Å². The first kappa shape index (κ1) is 13.7. The maximum absolute atomic E-state index is 12.5. The van der Waals surface area contributed by atoms with Crippen molar-refractivity contribution < 1.29 is 4.79 Å². The minimum atomic E-state index is 0.0553. The molecular weight excluding hydrogens is 288 g/mol. The molecule has 0 radical (unpaired) electrons. The number of nitrogens with one attached hydrogen (secondary N) is 1. The van der Waals surface area contributed by atoms with Gasteiger partial charge in [0.15, 0.2) is 0 Å². The van der Waals surface area contributed by atoms with Crippen molar-refractivity contribution in [2.45, 2.75) is 6.42 Å². The summed E-state index contributed by atoms with van der Waals surface area (Å²) in [5.41, 5.74) is 5.10. The van der Waals surface area contributed by atoms with Gasteiger partial charge >= 0.3 is 0 Å². The average molecular weight is 304 g/mol. The third-order valence-corrected chi connectivity index (χ3v) is 4.20. The lowest BCUT2D eigenvalue weighted by atomic mass is 10.0. The van der Waals surface area contributed by atoms with Crippen LogP contribution in [0.4, 0.5) is 0 Å². The Morgan fingerprint density at radius 3 is 2.83 bits per heavy atom. The minimum absolute atomic E-state index is 0.0553. The van der Waals surface area contributed by atoms with Gasteiger partial charge in [-0.2, -0.15) is 0 Å². The molecule has 0 unspecified atom stereocenters.